The molecule has 2 atom stereocenters. The molecule has 1 fully saturated rings. The van der Waals surface area contributed by atoms with Gasteiger partial charge in [-0.15, -0.1) is 0 Å². The van der Waals surface area contributed by atoms with Crippen LogP contribution in [0.5, 0.6) is 5.75 Å². The predicted octanol–water partition coefficient (Wildman–Crippen LogP) is 1.36. The minimum Gasteiger partial charge on any atom is -0.497 e. The number of benzene rings is 1. The van der Waals surface area contributed by atoms with Gasteiger partial charge in [0.15, 0.2) is 0 Å². The van der Waals surface area contributed by atoms with Crippen molar-refractivity contribution in [2.24, 2.45) is 5.92 Å². The Bertz CT molecular complexity index is 585. The molecule has 0 aromatic heterocycles. The molecule has 1 aromatic carbocycles. The van der Waals surface area contributed by atoms with Crippen molar-refractivity contribution in [3.8, 4) is 5.75 Å². The van der Waals surface area contributed by atoms with E-state index in [-0.39, 0.29) is 6.61 Å². The van der Waals surface area contributed by atoms with Crippen LogP contribution in [0, 0.1) is 5.92 Å². The number of nitrogens with one attached hydrogen (secondary N) is 2. The lowest BCUT2D eigenvalue weighted by Crippen LogP contribution is -2.61. The van der Waals surface area contributed by atoms with E-state index in [1.54, 1.807) is 31.4 Å². The van der Waals surface area contributed by atoms with Gasteiger partial charge in [-0.2, -0.15) is 0 Å². The zero-order chi connectivity index (χ0) is 16.8. The third-order valence-corrected chi connectivity index (χ3v) is 3.66. The summed E-state index contributed by atoms with van der Waals surface area (Å²) in [5.74, 6) is -0.954. The summed E-state index contributed by atoms with van der Waals surface area (Å²) >= 11 is 0. The van der Waals surface area contributed by atoms with Gasteiger partial charge in [0.05, 0.1) is 13.0 Å². The fraction of sp³-hybridized carbons (Fsp3) is 0.438. The Balaban J connectivity index is 1.99. The van der Waals surface area contributed by atoms with Crippen LogP contribution in [0.15, 0.2) is 24.3 Å². The number of rotatable bonds is 6. The van der Waals surface area contributed by atoms with Crippen molar-refractivity contribution in [2.45, 2.75) is 32.4 Å². The third kappa shape index (κ3) is 4.21. The van der Waals surface area contributed by atoms with Crippen LogP contribution in [0.3, 0.4) is 0 Å². The van der Waals surface area contributed by atoms with E-state index in [1.807, 2.05) is 6.92 Å². The summed E-state index contributed by atoms with van der Waals surface area (Å²) in [7, 11) is 1.57. The molecule has 0 saturated carbocycles. The van der Waals surface area contributed by atoms with Gasteiger partial charge in [0, 0.05) is 0 Å². The smallest absolute Gasteiger partial charge is 0.329 e. The van der Waals surface area contributed by atoms with Crippen molar-refractivity contribution in [1.29, 1.82) is 0 Å². The van der Waals surface area contributed by atoms with Gasteiger partial charge < -0.3 is 14.8 Å². The fourth-order valence-corrected chi connectivity index (χ4v) is 2.43. The molecule has 2 N–H and O–H groups in total. The van der Waals surface area contributed by atoms with E-state index >= 15 is 0 Å². The predicted molar refractivity (Wildman–Crippen MR) is 81.7 cm³/mol. The first-order chi connectivity index (χ1) is 11.0. The Morgan fingerprint density at radius 3 is 2.52 bits per heavy atom. The molecule has 1 aliphatic rings. The molecule has 0 spiro atoms. The summed E-state index contributed by atoms with van der Waals surface area (Å²) in [4.78, 5) is 35.5. The number of carbonyl (C=O) groups excluding carboxylic acids is 3. The van der Waals surface area contributed by atoms with Crippen molar-refractivity contribution in [2.75, 3.05) is 7.11 Å². The molecule has 1 aliphatic heterocycles. The number of esters is 1. The topological polar surface area (TPSA) is 93.7 Å². The molecule has 0 aliphatic carbocycles. The van der Waals surface area contributed by atoms with E-state index in [0.717, 1.165) is 12.0 Å². The van der Waals surface area contributed by atoms with Crippen LogP contribution < -0.4 is 15.4 Å². The number of carbonyl (C=O) groups is 3. The number of methoxy groups -OCH3 is 1. The lowest BCUT2D eigenvalue weighted by molar-refractivity contribution is -0.151. The number of ether oxygens (including phenoxy) is 2. The molecule has 124 valence electrons. The molecular formula is C16H20N2O5. The zero-order valence-corrected chi connectivity index (χ0v) is 13.1. The Labute approximate surface area is 134 Å². The van der Waals surface area contributed by atoms with Crippen molar-refractivity contribution in [3.63, 3.8) is 0 Å². The van der Waals surface area contributed by atoms with E-state index < -0.39 is 29.9 Å². The monoisotopic (exact) mass is 320 g/mol. The lowest BCUT2D eigenvalue weighted by Gasteiger charge is -2.29. The maximum Gasteiger partial charge on any atom is 0.329 e. The fourth-order valence-electron chi connectivity index (χ4n) is 2.43. The first-order valence-electron chi connectivity index (χ1n) is 7.46. The minimum absolute atomic E-state index is 0.0651. The van der Waals surface area contributed by atoms with Crippen LogP contribution in [0.1, 0.15) is 25.3 Å². The summed E-state index contributed by atoms with van der Waals surface area (Å²) in [5, 5.41) is 4.65. The molecule has 7 nitrogen and oxygen atoms in total. The highest BCUT2D eigenvalue weighted by Gasteiger charge is 2.40. The van der Waals surface area contributed by atoms with Crippen LogP contribution in [-0.2, 0) is 20.9 Å². The molecule has 1 saturated heterocycles. The van der Waals surface area contributed by atoms with Crippen LogP contribution in [0.25, 0.3) is 0 Å². The second-order valence-electron chi connectivity index (χ2n) is 5.29. The standard InChI is InChI=1S/C16H20N2O5/c1-3-4-12-13(17-16(21)18-14(12)19)15(20)23-9-10-5-7-11(22-2)8-6-10/h5-8,12-13H,3-4,9H2,1-2H3,(H2,17,18,19,21)/t12-,13-/m0/s1. The Morgan fingerprint density at radius 2 is 1.91 bits per heavy atom. The van der Waals surface area contributed by atoms with E-state index in [0.29, 0.717) is 12.2 Å². The second-order valence-corrected chi connectivity index (χ2v) is 5.29. The number of hydrogen-bond donors (Lipinski definition) is 2. The average molecular weight is 320 g/mol. The molecule has 0 bridgehead atoms. The van der Waals surface area contributed by atoms with Gasteiger partial charge in [0.2, 0.25) is 5.91 Å². The average Bonchev–Trinajstić information content (AvgIpc) is 2.55. The van der Waals surface area contributed by atoms with Crippen LogP contribution >= 0.6 is 0 Å². The molecular weight excluding hydrogens is 300 g/mol. The van der Waals surface area contributed by atoms with Crippen molar-refractivity contribution in [3.05, 3.63) is 29.8 Å². The molecule has 2 rings (SSSR count). The van der Waals surface area contributed by atoms with Crippen molar-refractivity contribution >= 4 is 17.9 Å². The first-order valence-corrected chi connectivity index (χ1v) is 7.46. The Morgan fingerprint density at radius 1 is 1.22 bits per heavy atom. The van der Waals surface area contributed by atoms with Gasteiger partial charge in [-0.25, -0.2) is 9.59 Å². The number of imide groups is 1. The minimum atomic E-state index is -0.950. The molecule has 0 unspecified atom stereocenters. The highest BCUT2D eigenvalue weighted by atomic mass is 16.5. The summed E-state index contributed by atoms with van der Waals surface area (Å²) in [6.07, 6.45) is 1.21. The maximum absolute atomic E-state index is 12.2. The highest BCUT2D eigenvalue weighted by Crippen LogP contribution is 2.18. The van der Waals surface area contributed by atoms with Crippen molar-refractivity contribution < 1.29 is 23.9 Å². The van der Waals surface area contributed by atoms with E-state index in [1.165, 1.54) is 0 Å². The van der Waals surface area contributed by atoms with E-state index in [4.69, 9.17) is 9.47 Å². The number of hydrogen-bond acceptors (Lipinski definition) is 5. The van der Waals surface area contributed by atoms with Crippen molar-refractivity contribution in [1.82, 2.24) is 10.6 Å². The largest absolute Gasteiger partial charge is 0.497 e. The summed E-state index contributed by atoms with van der Waals surface area (Å²) in [6.45, 7) is 1.97. The first kappa shape index (κ1) is 16.8. The Hall–Kier alpha value is -2.57. The zero-order valence-electron chi connectivity index (χ0n) is 13.1. The summed E-state index contributed by atoms with van der Waals surface area (Å²) in [5.41, 5.74) is 0.790. The molecule has 3 amide bonds. The molecule has 0 radical (unpaired) electrons. The third-order valence-electron chi connectivity index (χ3n) is 3.66. The van der Waals surface area contributed by atoms with Gasteiger partial charge in [0.25, 0.3) is 0 Å². The number of urea groups is 1. The van der Waals surface area contributed by atoms with E-state index in [2.05, 4.69) is 10.6 Å². The van der Waals surface area contributed by atoms with Gasteiger partial charge >= 0.3 is 12.0 Å². The maximum atomic E-state index is 12.2. The second kappa shape index (κ2) is 7.62. The SMILES string of the molecule is CCC[C@@H]1C(=O)NC(=O)N[C@@H]1C(=O)OCc1ccc(OC)cc1. The molecule has 1 heterocycles. The lowest BCUT2D eigenvalue weighted by atomic mass is 9.92. The quantitative estimate of drug-likeness (QED) is 0.772. The van der Waals surface area contributed by atoms with Gasteiger partial charge in [0.1, 0.15) is 18.4 Å². The summed E-state index contributed by atoms with van der Waals surface area (Å²) < 4.78 is 10.3. The summed E-state index contributed by atoms with van der Waals surface area (Å²) in [6, 6.07) is 5.46. The highest BCUT2D eigenvalue weighted by molar-refractivity contribution is 6.02. The number of amides is 3. The van der Waals surface area contributed by atoms with Gasteiger partial charge in [-0.1, -0.05) is 25.5 Å². The Kier molecular flexibility index (Phi) is 5.56. The molecule has 7 heteroatoms. The van der Waals surface area contributed by atoms with Crippen LogP contribution in [0.4, 0.5) is 4.79 Å². The van der Waals surface area contributed by atoms with Crippen LogP contribution in [0.2, 0.25) is 0 Å². The van der Waals surface area contributed by atoms with E-state index in [9.17, 15) is 14.4 Å². The normalized spacial score (nSPS) is 20.4. The molecule has 23 heavy (non-hydrogen) atoms. The van der Waals surface area contributed by atoms with Gasteiger partial charge in [-0.05, 0) is 24.1 Å². The van der Waals surface area contributed by atoms with Crippen LogP contribution in [-0.4, -0.2) is 31.1 Å². The molecule has 1 aromatic rings. The van der Waals surface area contributed by atoms with Gasteiger partial charge in [-0.3, -0.25) is 10.1 Å².